The van der Waals surface area contributed by atoms with Crippen molar-refractivity contribution < 1.29 is 8.42 Å². The third-order valence-corrected chi connectivity index (χ3v) is 4.10. The van der Waals surface area contributed by atoms with Crippen LogP contribution in [0.15, 0.2) is 47.6 Å². The van der Waals surface area contributed by atoms with Crippen LogP contribution in [0.2, 0.25) is 5.02 Å². The molecule has 0 radical (unpaired) electrons. The van der Waals surface area contributed by atoms with Gasteiger partial charge in [0, 0.05) is 12.4 Å². The molecule has 1 aromatic heterocycles. The summed E-state index contributed by atoms with van der Waals surface area (Å²) in [7, 11) is -3.50. The summed E-state index contributed by atoms with van der Waals surface area (Å²) >= 11 is 5.69. The average Bonchev–Trinajstić information content (AvgIpc) is 2.66. The van der Waals surface area contributed by atoms with Crippen molar-refractivity contribution in [3.05, 3.63) is 53.3 Å². The van der Waals surface area contributed by atoms with Gasteiger partial charge in [-0.15, -0.1) is 0 Å². The second kappa shape index (κ2) is 3.96. The molecule has 5 heteroatoms. The van der Waals surface area contributed by atoms with E-state index in [4.69, 9.17) is 11.6 Å². The SMILES string of the molecule is Cc1ccc(S(=O)(=O)n2ccc(Cl)c2)cc1. The molecule has 0 spiro atoms. The van der Waals surface area contributed by atoms with E-state index in [1.165, 1.54) is 18.5 Å². The zero-order valence-electron chi connectivity index (χ0n) is 8.59. The third-order valence-electron chi connectivity index (χ3n) is 2.23. The summed E-state index contributed by atoms with van der Waals surface area (Å²) in [6, 6.07) is 8.22. The van der Waals surface area contributed by atoms with E-state index in [-0.39, 0.29) is 4.90 Å². The first kappa shape index (κ1) is 11.2. The molecule has 0 aliphatic heterocycles. The van der Waals surface area contributed by atoms with Crippen molar-refractivity contribution in [3.63, 3.8) is 0 Å². The van der Waals surface area contributed by atoms with E-state index in [9.17, 15) is 8.42 Å². The number of hydrogen-bond donors (Lipinski definition) is 0. The van der Waals surface area contributed by atoms with Gasteiger partial charge >= 0.3 is 0 Å². The van der Waals surface area contributed by atoms with E-state index in [0.29, 0.717) is 5.02 Å². The van der Waals surface area contributed by atoms with E-state index in [0.717, 1.165) is 9.54 Å². The molecule has 0 amide bonds. The van der Waals surface area contributed by atoms with Gasteiger partial charge in [-0.05, 0) is 25.1 Å². The predicted molar refractivity (Wildman–Crippen MR) is 63.2 cm³/mol. The molecule has 0 aliphatic carbocycles. The maximum absolute atomic E-state index is 12.1. The molecule has 0 N–H and O–H groups in total. The fourth-order valence-corrected chi connectivity index (χ4v) is 2.75. The van der Waals surface area contributed by atoms with Crippen molar-refractivity contribution in [2.75, 3.05) is 0 Å². The lowest BCUT2D eigenvalue weighted by Crippen LogP contribution is -2.10. The number of aryl methyl sites for hydroxylation is 1. The first-order chi connectivity index (χ1) is 7.50. The Labute approximate surface area is 99.3 Å². The molecule has 3 nitrogen and oxygen atoms in total. The highest BCUT2D eigenvalue weighted by atomic mass is 35.5. The molecule has 0 unspecified atom stereocenters. The zero-order chi connectivity index (χ0) is 11.8. The van der Waals surface area contributed by atoms with Crippen LogP contribution in [-0.4, -0.2) is 12.4 Å². The number of nitrogens with zero attached hydrogens (tertiary/aromatic N) is 1. The van der Waals surface area contributed by atoms with Gasteiger partial charge < -0.3 is 0 Å². The Morgan fingerprint density at radius 3 is 2.25 bits per heavy atom. The summed E-state index contributed by atoms with van der Waals surface area (Å²) in [6.07, 6.45) is 2.80. The summed E-state index contributed by atoms with van der Waals surface area (Å²) in [4.78, 5) is 0.255. The van der Waals surface area contributed by atoms with Gasteiger partial charge in [-0.1, -0.05) is 29.3 Å². The minimum absolute atomic E-state index is 0.255. The Kier molecular flexibility index (Phi) is 2.78. The van der Waals surface area contributed by atoms with Crippen LogP contribution in [0.1, 0.15) is 5.56 Å². The van der Waals surface area contributed by atoms with Crippen molar-refractivity contribution in [3.8, 4) is 0 Å². The van der Waals surface area contributed by atoms with Crippen LogP contribution in [0.25, 0.3) is 0 Å². The van der Waals surface area contributed by atoms with Crippen molar-refractivity contribution in [1.82, 2.24) is 3.97 Å². The Hall–Kier alpha value is -1.26. The highest BCUT2D eigenvalue weighted by Crippen LogP contribution is 2.17. The van der Waals surface area contributed by atoms with Gasteiger partial charge in [0.2, 0.25) is 0 Å². The van der Waals surface area contributed by atoms with Crippen LogP contribution in [0.5, 0.6) is 0 Å². The molecular weight excluding hydrogens is 246 g/mol. The molecule has 0 fully saturated rings. The first-order valence-electron chi connectivity index (χ1n) is 4.66. The molecule has 1 aromatic carbocycles. The van der Waals surface area contributed by atoms with Gasteiger partial charge in [-0.3, -0.25) is 0 Å². The van der Waals surface area contributed by atoms with E-state index in [1.807, 2.05) is 6.92 Å². The minimum Gasteiger partial charge on any atom is -0.248 e. The van der Waals surface area contributed by atoms with Crippen LogP contribution in [0.4, 0.5) is 0 Å². The van der Waals surface area contributed by atoms with Crippen LogP contribution in [0, 0.1) is 6.92 Å². The third kappa shape index (κ3) is 1.99. The van der Waals surface area contributed by atoms with E-state index >= 15 is 0 Å². The van der Waals surface area contributed by atoms with Gasteiger partial charge in [0.1, 0.15) is 0 Å². The smallest absolute Gasteiger partial charge is 0.248 e. The largest absolute Gasteiger partial charge is 0.267 e. The van der Waals surface area contributed by atoms with E-state index in [1.54, 1.807) is 24.3 Å². The molecule has 0 atom stereocenters. The second-order valence-electron chi connectivity index (χ2n) is 3.48. The van der Waals surface area contributed by atoms with Crippen molar-refractivity contribution in [2.45, 2.75) is 11.8 Å². The highest BCUT2D eigenvalue weighted by Gasteiger charge is 2.15. The Bertz CT molecular complexity index is 599. The van der Waals surface area contributed by atoms with Crippen LogP contribution in [-0.2, 0) is 10.0 Å². The Morgan fingerprint density at radius 2 is 1.75 bits per heavy atom. The molecule has 2 rings (SSSR count). The maximum atomic E-state index is 12.1. The van der Waals surface area contributed by atoms with Gasteiger partial charge in [0.25, 0.3) is 10.0 Å². The number of hydrogen-bond acceptors (Lipinski definition) is 2. The van der Waals surface area contributed by atoms with E-state index in [2.05, 4.69) is 0 Å². The average molecular weight is 256 g/mol. The first-order valence-corrected chi connectivity index (χ1v) is 6.48. The molecule has 84 valence electrons. The number of aromatic nitrogens is 1. The van der Waals surface area contributed by atoms with Crippen LogP contribution in [0.3, 0.4) is 0 Å². The molecular formula is C11H10ClNO2S. The summed E-state index contributed by atoms with van der Waals surface area (Å²) in [5.41, 5.74) is 1.02. The predicted octanol–water partition coefficient (Wildman–Crippen LogP) is 2.69. The van der Waals surface area contributed by atoms with Gasteiger partial charge in [0.05, 0.1) is 9.92 Å². The lowest BCUT2D eigenvalue weighted by molar-refractivity contribution is 0.587. The molecule has 1 heterocycles. The number of benzene rings is 1. The van der Waals surface area contributed by atoms with Gasteiger partial charge in [-0.25, -0.2) is 12.4 Å². The van der Waals surface area contributed by atoms with Crippen molar-refractivity contribution in [2.24, 2.45) is 0 Å². The van der Waals surface area contributed by atoms with Crippen LogP contribution < -0.4 is 0 Å². The standard InChI is InChI=1S/C11H10ClNO2S/c1-9-2-4-11(5-3-9)16(14,15)13-7-6-10(12)8-13/h2-8H,1H3. The molecule has 16 heavy (non-hydrogen) atoms. The summed E-state index contributed by atoms with van der Waals surface area (Å²) in [6.45, 7) is 1.91. The van der Waals surface area contributed by atoms with Gasteiger partial charge in [0.15, 0.2) is 0 Å². The normalized spacial score (nSPS) is 11.6. The molecule has 0 saturated heterocycles. The topological polar surface area (TPSA) is 39.1 Å². The van der Waals surface area contributed by atoms with Crippen molar-refractivity contribution in [1.29, 1.82) is 0 Å². The quantitative estimate of drug-likeness (QED) is 0.828. The second-order valence-corrected chi connectivity index (χ2v) is 5.76. The number of halogens is 1. The van der Waals surface area contributed by atoms with Crippen LogP contribution >= 0.6 is 11.6 Å². The summed E-state index contributed by atoms with van der Waals surface area (Å²) in [5.74, 6) is 0. The van der Waals surface area contributed by atoms with Crippen molar-refractivity contribution >= 4 is 21.6 Å². The van der Waals surface area contributed by atoms with E-state index < -0.39 is 10.0 Å². The monoisotopic (exact) mass is 255 g/mol. The maximum Gasteiger partial charge on any atom is 0.267 e. The molecule has 0 bridgehead atoms. The Balaban J connectivity index is 2.51. The fourth-order valence-electron chi connectivity index (χ4n) is 1.33. The lowest BCUT2D eigenvalue weighted by atomic mass is 10.2. The molecule has 0 saturated carbocycles. The fraction of sp³-hybridized carbons (Fsp3) is 0.0909. The zero-order valence-corrected chi connectivity index (χ0v) is 10.2. The molecule has 2 aromatic rings. The Morgan fingerprint density at radius 1 is 1.12 bits per heavy atom. The lowest BCUT2D eigenvalue weighted by Gasteiger charge is -2.05. The minimum atomic E-state index is -3.50. The molecule has 0 aliphatic rings. The summed E-state index contributed by atoms with van der Waals surface area (Å²) < 4.78 is 25.2. The van der Waals surface area contributed by atoms with Gasteiger partial charge in [-0.2, -0.15) is 0 Å². The summed E-state index contributed by atoms with van der Waals surface area (Å²) in [5, 5.41) is 0.399. The highest BCUT2D eigenvalue weighted by molar-refractivity contribution is 7.90. The number of rotatable bonds is 2.